The van der Waals surface area contributed by atoms with E-state index >= 15 is 0 Å². The third-order valence-corrected chi connectivity index (χ3v) is 1.67. The van der Waals surface area contributed by atoms with Crippen LogP contribution in [0.15, 0.2) is 0 Å². The number of carbonyl (C=O) groups excluding carboxylic acids is 2. The van der Waals surface area contributed by atoms with Crippen LogP contribution < -0.4 is 5.73 Å². The second-order valence-electron chi connectivity index (χ2n) is 2.67. The summed E-state index contributed by atoms with van der Waals surface area (Å²) in [5.41, 5.74) is 4.89. The molecule has 12 heavy (non-hydrogen) atoms. The molecular formula is C6H10N2O4. The molecule has 1 heterocycles. The zero-order valence-electron chi connectivity index (χ0n) is 6.40. The summed E-state index contributed by atoms with van der Waals surface area (Å²) in [6.07, 6.45) is -0.430. The van der Waals surface area contributed by atoms with E-state index < -0.39 is 12.0 Å². The first-order valence-electron chi connectivity index (χ1n) is 3.49. The highest BCUT2D eigenvalue weighted by Gasteiger charge is 2.31. The van der Waals surface area contributed by atoms with E-state index in [1.165, 1.54) is 4.90 Å². The van der Waals surface area contributed by atoms with Gasteiger partial charge in [0.2, 0.25) is 11.8 Å². The van der Waals surface area contributed by atoms with Crippen molar-refractivity contribution in [2.45, 2.75) is 12.5 Å². The Morgan fingerprint density at radius 1 is 1.83 bits per heavy atom. The van der Waals surface area contributed by atoms with Crippen LogP contribution in [0.2, 0.25) is 0 Å². The van der Waals surface area contributed by atoms with Crippen molar-refractivity contribution < 1.29 is 19.7 Å². The summed E-state index contributed by atoms with van der Waals surface area (Å²) in [5.74, 6) is -0.796. The Hall–Kier alpha value is -1.14. The molecule has 0 radical (unpaired) electrons. The van der Waals surface area contributed by atoms with E-state index in [4.69, 9.17) is 11.0 Å². The molecule has 0 bridgehead atoms. The van der Waals surface area contributed by atoms with Crippen LogP contribution in [0.1, 0.15) is 6.42 Å². The fourth-order valence-electron chi connectivity index (χ4n) is 1.15. The van der Waals surface area contributed by atoms with Gasteiger partial charge in [-0.25, -0.2) is 4.89 Å². The van der Waals surface area contributed by atoms with E-state index in [1.54, 1.807) is 0 Å². The summed E-state index contributed by atoms with van der Waals surface area (Å²) in [4.78, 5) is 26.7. The molecule has 0 aromatic carbocycles. The highest BCUT2D eigenvalue weighted by molar-refractivity contribution is 5.85. The third kappa shape index (κ3) is 1.93. The fraction of sp³-hybridized carbons (Fsp3) is 0.667. The maximum Gasteiger partial charge on any atom is 0.237 e. The van der Waals surface area contributed by atoms with Gasteiger partial charge in [-0.1, -0.05) is 0 Å². The summed E-state index contributed by atoms with van der Waals surface area (Å²) in [6, 6.07) is 0. The summed E-state index contributed by atoms with van der Waals surface area (Å²) >= 11 is 0. The minimum absolute atomic E-state index is 0.101. The minimum Gasteiger partial charge on any atom is -0.368 e. The lowest BCUT2D eigenvalue weighted by molar-refractivity contribution is -0.274. The largest absolute Gasteiger partial charge is 0.368 e. The predicted octanol–water partition coefficient (Wildman–Crippen LogP) is -1.44. The van der Waals surface area contributed by atoms with Gasteiger partial charge in [-0.2, -0.15) is 0 Å². The van der Waals surface area contributed by atoms with Crippen LogP contribution in [0.5, 0.6) is 0 Å². The summed E-state index contributed by atoms with van der Waals surface area (Å²) < 4.78 is 0. The van der Waals surface area contributed by atoms with E-state index in [0.29, 0.717) is 0 Å². The lowest BCUT2D eigenvalue weighted by Gasteiger charge is -2.12. The molecule has 1 rings (SSSR count). The van der Waals surface area contributed by atoms with Crippen molar-refractivity contribution in [1.29, 1.82) is 0 Å². The normalized spacial score (nSPS) is 23.2. The molecule has 0 saturated carbocycles. The van der Waals surface area contributed by atoms with Crippen LogP contribution in [-0.2, 0) is 14.5 Å². The monoisotopic (exact) mass is 174 g/mol. The van der Waals surface area contributed by atoms with Crippen LogP contribution in [0.4, 0.5) is 0 Å². The van der Waals surface area contributed by atoms with Crippen molar-refractivity contribution in [3.05, 3.63) is 0 Å². The van der Waals surface area contributed by atoms with Gasteiger partial charge in [0.1, 0.15) is 6.10 Å². The minimum atomic E-state index is -0.568. The molecule has 1 atom stereocenters. The molecule has 2 amide bonds. The Morgan fingerprint density at radius 2 is 2.50 bits per heavy atom. The average Bonchev–Trinajstić information content (AvgIpc) is 2.31. The molecule has 0 aliphatic carbocycles. The predicted molar refractivity (Wildman–Crippen MR) is 37.9 cm³/mol. The zero-order valence-corrected chi connectivity index (χ0v) is 6.40. The number of nitrogens with two attached hydrogens (primary N) is 1. The molecule has 0 aromatic rings. The maximum absolute atomic E-state index is 11.0. The molecule has 1 aliphatic heterocycles. The average molecular weight is 174 g/mol. The molecule has 3 N–H and O–H groups in total. The summed E-state index contributed by atoms with van der Waals surface area (Å²) in [5, 5.41) is 8.24. The Morgan fingerprint density at radius 3 is 2.92 bits per heavy atom. The number of nitrogens with zero attached hydrogens (tertiary/aromatic N) is 1. The van der Waals surface area contributed by atoms with Crippen molar-refractivity contribution in [3.63, 3.8) is 0 Å². The first-order chi connectivity index (χ1) is 5.63. The highest BCUT2D eigenvalue weighted by Crippen LogP contribution is 2.12. The molecule has 0 spiro atoms. The van der Waals surface area contributed by atoms with Gasteiger partial charge in [0.25, 0.3) is 0 Å². The first kappa shape index (κ1) is 8.95. The van der Waals surface area contributed by atoms with Crippen LogP contribution in [0, 0.1) is 0 Å². The lowest BCUT2D eigenvalue weighted by Crippen LogP contribution is -2.35. The van der Waals surface area contributed by atoms with Gasteiger partial charge < -0.3 is 10.6 Å². The van der Waals surface area contributed by atoms with Gasteiger partial charge in [0.15, 0.2) is 0 Å². The number of hydrogen-bond donors (Lipinski definition) is 2. The van der Waals surface area contributed by atoms with E-state index in [0.717, 1.165) is 0 Å². The van der Waals surface area contributed by atoms with Crippen LogP contribution in [-0.4, -0.2) is 41.2 Å². The van der Waals surface area contributed by atoms with E-state index in [9.17, 15) is 9.59 Å². The molecule has 1 aliphatic rings. The van der Waals surface area contributed by atoms with E-state index in [2.05, 4.69) is 4.89 Å². The topological polar surface area (TPSA) is 92.9 Å². The number of hydrogen-bond acceptors (Lipinski definition) is 4. The Kier molecular flexibility index (Phi) is 2.61. The second-order valence-corrected chi connectivity index (χ2v) is 2.67. The molecule has 6 nitrogen and oxygen atoms in total. The van der Waals surface area contributed by atoms with Crippen LogP contribution in [0.3, 0.4) is 0 Å². The van der Waals surface area contributed by atoms with E-state index in [1.807, 2.05) is 0 Å². The molecule has 0 aromatic heterocycles. The quantitative estimate of drug-likeness (QED) is 0.405. The fourth-order valence-corrected chi connectivity index (χ4v) is 1.15. The van der Waals surface area contributed by atoms with E-state index in [-0.39, 0.29) is 25.4 Å². The van der Waals surface area contributed by atoms with Crippen molar-refractivity contribution in [1.82, 2.24) is 4.90 Å². The van der Waals surface area contributed by atoms with Gasteiger partial charge in [-0.15, -0.1) is 0 Å². The number of carbonyl (C=O) groups is 2. The van der Waals surface area contributed by atoms with Crippen LogP contribution in [0.25, 0.3) is 0 Å². The molecule has 6 heteroatoms. The molecule has 1 fully saturated rings. The molecule has 1 unspecified atom stereocenters. The molecule has 1 saturated heterocycles. The summed E-state index contributed by atoms with van der Waals surface area (Å²) in [6.45, 7) is 0.108. The maximum atomic E-state index is 11.0. The van der Waals surface area contributed by atoms with Gasteiger partial charge >= 0.3 is 0 Å². The molecule has 68 valence electrons. The van der Waals surface area contributed by atoms with Crippen molar-refractivity contribution in [2.24, 2.45) is 5.73 Å². The first-order valence-corrected chi connectivity index (χ1v) is 3.49. The number of primary amides is 1. The number of likely N-dealkylation sites (tertiary alicyclic amines) is 1. The van der Waals surface area contributed by atoms with Gasteiger partial charge in [0, 0.05) is 0 Å². The Labute approximate surface area is 68.8 Å². The standard InChI is InChI=1S/C6H10N2O4/c7-5(9)3-8-2-4(12-11)1-6(8)10/h4,11H,1-3H2,(H2,7,9). The summed E-state index contributed by atoms with van der Waals surface area (Å²) in [7, 11) is 0. The number of amides is 2. The number of rotatable bonds is 3. The van der Waals surface area contributed by atoms with Crippen molar-refractivity contribution in [3.8, 4) is 0 Å². The Bertz CT molecular complexity index is 206. The van der Waals surface area contributed by atoms with Gasteiger partial charge in [-0.3, -0.25) is 14.8 Å². The lowest BCUT2D eigenvalue weighted by atomic mass is 10.3. The van der Waals surface area contributed by atoms with Gasteiger partial charge in [-0.05, 0) is 0 Å². The second kappa shape index (κ2) is 3.51. The van der Waals surface area contributed by atoms with Crippen molar-refractivity contribution in [2.75, 3.05) is 13.1 Å². The molecular weight excluding hydrogens is 164 g/mol. The van der Waals surface area contributed by atoms with Crippen LogP contribution >= 0.6 is 0 Å². The third-order valence-electron chi connectivity index (χ3n) is 1.67. The Balaban J connectivity index is 2.46. The highest BCUT2D eigenvalue weighted by atomic mass is 17.1. The van der Waals surface area contributed by atoms with Gasteiger partial charge in [0.05, 0.1) is 19.5 Å². The van der Waals surface area contributed by atoms with Crippen molar-refractivity contribution >= 4 is 11.8 Å². The smallest absolute Gasteiger partial charge is 0.237 e. The SMILES string of the molecule is NC(=O)CN1CC(OO)CC1=O. The zero-order chi connectivity index (χ0) is 9.14.